The molecule has 2 unspecified atom stereocenters. The van der Waals surface area contributed by atoms with Gasteiger partial charge < -0.3 is 30.0 Å². The van der Waals surface area contributed by atoms with Crippen molar-refractivity contribution >= 4 is 35.0 Å². The quantitative estimate of drug-likeness (QED) is 0.166. The molecular formula is C41H39N5O6. The van der Waals surface area contributed by atoms with Crippen molar-refractivity contribution in [1.29, 1.82) is 0 Å². The third-order valence-corrected chi connectivity index (χ3v) is 9.60. The second-order valence-electron chi connectivity index (χ2n) is 13.1. The number of aliphatic hydroxyl groups is 1. The van der Waals surface area contributed by atoms with E-state index in [9.17, 15) is 24.3 Å². The molecule has 264 valence electrons. The summed E-state index contributed by atoms with van der Waals surface area (Å²) in [5, 5.41) is 16.5. The Hall–Kier alpha value is -6.07. The second kappa shape index (κ2) is 15.4. The Bertz CT molecular complexity index is 2030. The van der Waals surface area contributed by atoms with Crippen LogP contribution in [0.15, 0.2) is 120 Å². The molecule has 2 fully saturated rings. The topological polar surface area (TPSA) is 145 Å². The first kappa shape index (κ1) is 34.4. The summed E-state index contributed by atoms with van der Waals surface area (Å²) >= 11 is 0. The minimum absolute atomic E-state index is 0.0514. The molecule has 52 heavy (non-hydrogen) atoms. The van der Waals surface area contributed by atoms with Crippen molar-refractivity contribution in [2.24, 2.45) is 0 Å². The summed E-state index contributed by atoms with van der Waals surface area (Å²) in [6, 6.07) is 31.4. The van der Waals surface area contributed by atoms with Crippen LogP contribution < -0.4 is 10.6 Å². The van der Waals surface area contributed by atoms with E-state index in [1.165, 1.54) is 4.90 Å². The average molecular weight is 698 g/mol. The van der Waals surface area contributed by atoms with E-state index in [-0.39, 0.29) is 24.1 Å². The predicted molar refractivity (Wildman–Crippen MR) is 196 cm³/mol. The molecule has 3 N–H and O–H groups in total. The van der Waals surface area contributed by atoms with E-state index in [0.29, 0.717) is 66.5 Å². The Morgan fingerprint density at radius 3 is 1.87 bits per heavy atom. The molecule has 0 bridgehead atoms. The Morgan fingerprint density at radius 1 is 0.712 bits per heavy atom. The van der Waals surface area contributed by atoms with Crippen molar-refractivity contribution in [3.8, 4) is 22.8 Å². The summed E-state index contributed by atoms with van der Waals surface area (Å²) in [6.07, 6.45) is 3.16. The van der Waals surface area contributed by atoms with Crippen molar-refractivity contribution in [2.75, 3.05) is 23.7 Å². The zero-order valence-corrected chi connectivity index (χ0v) is 28.5. The van der Waals surface area contributed by atoms with E-state index in [1.807, 2.05) is 48.5 Å². The molecule has 3 heterocycles. The summed E-state index contributed by atoms with van der Waals surface area (Å²) in [4.78, 5) is 60.0. The van der Waals surface area contributed by atoms with Gasteiger partial charge in [0.15, 0.2) is 11.9 Å². The molecule has 2 aliphatic rings. The zero-order chi connectivity index (χ0) is 36.0. The van der Waals surface area contributed by atoms with Crippen molar-refractivity contribution < 1.29 is 28.7 Å². The van der Waals surface area contributed by atoms with Crippen LogP contribution in [0.3, 0.4) is 0 Å². The zero-order valence-electron chi connectivity index (χ0n) is 28.5. The Labute approximate surface area is 301 Å². The van der Waals surface area contributed by atoms with E-state index in [2.05, 4.69) is 15.6 Å². The van der Waals surface area contributed by atoms with Crippen LogP contribution in [0.2, 0.25) is 0 Å². The highest BCUT2D eigenvalue weighted by Gasteiger charge is 2.37. The SMILES string of the molecule is O=C(Nc1ccc(-c2cnc(-c3ccc(NC(=O)[C@@H]4CCCN4C(=O)C(O)c4ccccc4)cc3)o2)cc1)C1CCCN1C(=O)Cc1ccccc1. The number of anilines is 2. The van der Waals surface area contributed by atoms with Crippen LogP contribution >= 0.6 is 0 Å². The van der Waals surface area contributed by atoms with E-state index in [1.54, 1.807) is 71.8 Å². The molecule has 0 aliphatic carbocycles. The van der Waals surface area contributed by atoms with Crippen LogP contribution in [-0.2, 0) is 25.6 Å². The number of oxazole rings is 1. The van der Waals surface area contributed by atoms with E-state index in [0.717, 1.165) is 17.5 Å². The predicted octanol–water partition coefficient (Wildman–Crippen LogP) is 5.84. The molecular weight excluding hydrogens is 658 g/mol. The minimum atomic E-state index is -1.32. The maximum atomic E-state index is 13.2. The highest BCUT2D eigenvalue weighted by molar-refractivity contribution is 5.99. The molecule has 11 heteroatoms. The number of likely N-dealkylation sites (tertiary alicyclic amines) is 2. The van der Waals surface area contributed by atoms with Gasteiger partial charge >= 0.3 is 0 Å². The maximum Gasteiger partial charge on any atom is 0.256 e. The van der Waals surface area contributed by atoms with Gasteiger partial charge in [0.1, 0.15) is 12.1 Å². The number of amides is 4. The molecule has 3 atom stereocenters. The standard InChI is InChI=1S/C41H39N5O6/c47-36(25-27-9-3-1-4-10-27)45-23-7-13-33(45)38(49)43-31-19-15-28(16-20-31)35-26-42-40(52-35)30-17-21-32(22-18-30)44-39(50)34-14-8-24-46(34)41(51)37(48)29-11-5-2-6-12-29/h1-6,9-12,15-22,26,33-34,37,48H,7-8,13-14,23-25H2,(H,43,49)(H,44,50)/t33?,34-,37?/m0/s1. The number of carbonyl (C=O) groups is 4. The number of hydrogen-bond donors (Lipinski definition) is 3. The fourth-order valence-electron chi connectivity index (χ4n) is 6.85. The monoisotopic (exact) mass is 697 g/mol. The van der Waals surface area contributed by atoms with Crippen LogP contribution in [-0.4, -0.2) is 68.7 Å². The van der Waals surface area contributed by atoms with Crippen molar-refractivity contribution in [3.63, 3.8) is 0 Å². The fraction of sp³-hybridized carbons (Fsp3) is 0.244. The highest BCUT2D eigenvalue weighted by atomic mass is 16.4. The summed E-state index contributed by atoms with van der Waals surface area (Å²) in [6.45, 7) is 0.969. The van der Waals surface area contributed by atoms with Gasteiger partial charge in [-0.3, -0.25) is 19.2 Å². The number of benzene rings is 4. The van der Waals surface area contributed by atoms with E-state index < -0.39 is 24.1 Å². The molecule has 4 aromatic carbocycles. The first-order valence-electron chi connectivity index (χ1n) is 17.5. The Kier molecular flexibility index (Phi) is 10.2. The third kappa shape index (κ3) is 7.64. The summed E-state index contributed by atoms with van der Waals surface area (Å²) in [5.41, 5.74) is 4.07. The smallest absolute Gasteiger partial charge is 0.256 e. The number of nitrogens with one attached hydrogen (secondary N) is 2. The third-order valence-electron chi connectivity index (χ3n) is 9.60. The Morgan fingerprint density at radius 2 is 1.25 bits per heavy atom. The number of rotatable bonds is 10. The van der Waals surface area contributed by atoms with Gasteiger partial charge in [-0.1, -0.05) is 60.7 Å². The van der Waals surface area contributed by atoms with Crippen molar-refractivity contribution in [3.05, 3.63) is 127 Å². The molecule has 0 spiro atoms. The number of carbonyl (C=O) groups excluding carboxylic acids is 4. The molecule has 5 aromatic rings. The lowest BCUT2D eigenvalue weighted by atomic mass is 10.1. The molecule has 1 aromatic heterocycles. The largest absolute Gasteiger partial charge is 0.436 e. The van der Waals surface area contributed by atoms with Gasteiger partial charge in [-0.25, -0.2) is 4.98 Å². The van der Waals surface area contributed by atoms with Gasteiger partial charge in [0.2, 0.25) is 23.6 Å². The first-order chi connectivity index (χ1) is 25.3. The summed E-state index contributed by atoms with van der Waals surface area (Å²) in [7, 11) is 0. The van der Waals surface area contributed by atoms with Gasteiger partial charge in [0, 0.05) is 35.6 Å². The first-order valence-corrected chi connectivity index (χ1v) is 17.5. The van der Waals surface area contributed by atoms with Crippen LogP contribution in [0.4, 0.5) is 11.4 Å². The second-order valence-corrected chi connectivity index (χ2v) is 13.1. The van der Waals surface area contributed by atoms with Crippen molar-refractivity contribution in [2.45, 2.75) is 50.3 Å². The molecule has 0 saturated carbocycles. The van der Waals surface area contributed by atoms with Gasteiger partial charge in [-0.05, 0) is 85.3 Å². The van der Waals surface area contributed by atoms with Crippen molar-refractivity contribution in [1.82, 2.24) is 14.8 Å². The van der Waals surface area contributed by atoms with Crippen LogP contribution in [0.25, 0.3) is 22.8 Å². The molecule has 0 radical (unpaired) electrons. The number of aliphatic hydroxyl groups excluding tert-OH is 1. The molecule has 2 aliphatic heterocycles. The van der Waals surface area contributed by atoms with Gasteiger partial charge in [0.05, 0.1) is 12.6 Å². The van der Waals surface area contributed by atoms with Gasteiger partial charge in [0.25, 0.3) is 5.91 Å². The number of nitrogens with zero attached hydrogens (tertiary/aromatic N) is 3. The molecule has 7 rings (SSSR count). The average Bonchev–Trinajstić information content (AvgIpc) is 3.98. The van der Waals surface area contributed by atoms with E-state index >= 15 is 0 Å². The normalized spacial score (nSPS) is 17.5. The van der Waals surface area contributed by atoms with Gasteiger partial charge in [-0.15, -0.1) is 0 Å². The Balaban J connectivity index is 0.933. The van der Waals surface area contributed by atoms with Crippen LogP contribution in [0, 0.1) is 0 Å². The van der Waals surface area contributed by atoms with Gasteiger partial charge in [-0.2, -0.15) is 0 Å². The summed E-state index contributed by atoms with van der Waals surface area (Å²) < 4.78 is 6.05. The number of hydrogen-bond acceptors (Lipinski definition) is 7. The highest BCUT2D eigenvalue weighted by Crippen LogP contribution is 2.29. The molecule has 2 saturated heterocycles. The fourth-order valence-corrected chi connectivity index (χ4v) is 6.85. The minimum Gasteiger partial charge on any atom is -0.436 e. The molecule has 4 amide bonds. The van der Waals surface area contributed by atoms with Crippen LogP contribution in [0.5, 0.6) is 0 Å². The lowest BCUT2D eigenvalue weighted by Crippen LogP contribution is -2.45. The lowest BCUT2D eigenvalue weighted by molar-refractivity contribution is -0.144. The summed E-state index contributed by atoms with van der Waals surface area (Å²) in [5.74, 6) is -0.110. The van der Waals surface area contributed by atoms with E-state index in [4.69, 9.17) is 4.42 Å². The maximum absolute atomic E-state index is 13.2. The van der Waals surface area contributed by atoms with Crippen LogP contribution in [0.1, 0.15) is 42.9 Å². The lowest BCUT2D eigenvalue weighted by Gasteiger charge is -2.26. The molecule has 11 nitrogen and oxygen atoms in total. The number of aromatic nitrogens is 1.